The third-order valence-corrected chi connectivity index (χ3v) is 3.92. The van der Waals surface area contributed by atoms with Crippen LogP contribution in [0, 0.1) is 6.92 Å². The highest BCUT2D eigenvalue weighted by atomic mass is 16.4. The summed E-state index contributed by atoms with van der Waals surface area (Å²) < 4.78 is 1.75. The zero-order valence-corrected chi connectivity index (χ0v) is 12.3. The Balaban J connectivity index is 2.37. The van der Waals surface area contributed by atoms with Crippen LogP contribution in [0.5, 0.6) is 0 Å². The summed E-state index contributed by atoms with van der Waals surface area (Å²) in [6.07, 6.45) is 2.36. The van der Waals surface area contributed by atoms with Crippen molar-refractivity contribution in [2.75, 3.05) is 18.0 Å². The summed E-state index contributed by atoms with van der Waals surface area (Å²) in [5.41, 5.74) is 6.55. The van der Waals surface area contributed by atoms with Crippen LogP contribution in [0.4, 0.5) is 5.82 Å². The van der Waals surface area contributed by atoms with E-state index >= 15 is 0 Å². The Labute approximate surface area is 118 Å². The number of nitrogens with two attached hydrogens (primary N) is 1. The van der Waals surface area contributed by atoms with Gasteiger partial charge in [0, 0.05) is 20.1 Å². The van der Waals surface area contributed by atoms with Crippen molar-refractivity contribution in [1.29, 1.82) is 0 Å². The minimum atomic E-state index is -0.626. The van der Waals surface area contributed by atoms with E-state index in [-0.39, 0.29) is 5.84 Å². The first-order valence-corrected chi connectivity index (χ1v) is 6.84. The van der Waals surface area contributed by atoms with Gasteiger partial charge < -0.3 is 20.9 Å². The van der Waals surface area contributed by atoms with Crippen molar-refractivity contribution in [3.63, 3.8) is 0 Å². The van der Waals surface area contributed by atoms with Gasteiger partial charge in [0.05, 0.1) is 16.9 Å². The lowest BCUT2D eigenvalue weighted by Crippen LogP contribution is -2.31. The van der Waals surface area contributed by atoms with Crippen molar-refractivity contribution < 1.29 is 10.3 Å². The van der Waals surface area contributed by atoms with Crippen LogP contribution in [0.2, 0.25) is 0 Å². The zero-order chi connectivity index (χ0) is 14.9. The molecule has 0 amide bonds. The molecule has 0 bridgehead atoms. The molecule has 1 aromatic rings. The van der Waals surface area contributed by atoms with Crippen LogP contribution in [0.15, 0.2) is 5.16 Å². The predicted octanol–water partition coefficient (Wildman–Crippen LogP) is 0.564. The molecule has 2 heterocycles. The molecule has 4 N–H and O–H groups in total. The van der Waals surface area contributed by atoms with E-state index < -0.39 is 5.60 Å². The highest BCUT2D eigenvalue weighted by Gasteiger charge is 2.28. The maximum absolute atomic E-state index is 10.2. The number of amidine groups is 1. The van der Waals surface area contributed by atoms with Crippen LogP contribution < -0.4 is 10.6 Å². The third-order valence-electron chi connectivity index (χ3n) is 3.92. The molecule has 0 aromatic carbocycles. The Morgan fingerprint density at radius 1 is 1.40 bits per heavy atom. The molecule has 20 heavy (non-hydrogen) atoms. The SMILES string of the molecule is Cc1nn(C)c(N2CCCC(C)(O)CC2)c1C(N)=NO. The molecule has 1 unspecified atom stereocenters. The normalized spacial score (nSPS) is 24.8. The zero-order valence-electron chi connectivity index (χ0n) is 12.3. The molecule has 1 saturated heterocycles. The molecular weight excluding hydrogens is 258 g/mol. The number of oxime groups is 1. The summed E-state index contributed by atoms with van der Waals surface area (Å²) in [5, 5.41) is 26.6. The number of hydrogen-bond acceptors (Lipinski definition) is 5. The Bertz CT molecular complexity index is 521. The highest BCUT2D eigenvalue weighted by molar-refractivity contribution is 6.02. The van der Waals surface area contributed by atoms with Crippen LogP contribution >= 0.6 is 0 Å². The molecular formula is C13H23N5O2. The minimum Gasteiger partial charge on any atom is -0.409 e. The van der Waals surface area contributed by atoms with Crippen LogP contribution in [0.3, 0.4) is 0 Å². The number of aryl methyl sites for hydroxylation is 2. The smallest absolute Gasteiger partial charge is 0.175 e. The molecule has 1 fully saturated rings. The van der Waals surface area contributed by atoms with Gasteiger partial charge >= 0.3 is 0 Å². The van der Waals surface area contributed by atoms with E-state index in [1.807, 2.05) is 20.9 Å². The van der Waals surface area contributed by atoms with Gasteiger partial charge in [-0.15, -0.1) is 0 Å². The first-order valence-electron chi connectivity index (χ1n) is 6.84. The minimum absolute atomic E-state index is 0.0709. The molecule has 1 aromatic heterocycles. The molecule has 0 saturated carbocycles. The van der Waals surface area contributed by atoms with E-state index in [2.05, 4.69) is 15.2 Å². The number of nitrogens with zero attached hydrogens (tertiary/aromatic N) is 4. The predicted molar refractivity (Wildman–Crippen MR) is 77.1 cm³/mol. The van der Waals surface area contributed by atoms with Crippen LogP contribution in [-0.4, -0.2) is 44.6 Å². The van der Waals surface area contributed by atoms with Crippen LogP contribution in [-0.2, 0) is 7.05 Å². The van der Waals surface area contributed by atoms with E-state index in [4.69, 9.17) is 10.9 Å². The fraction of sp³-hybridized carbons (Fsp3) is 0.692. The van der Waals surface area contributed by atoms with Gasteiger partial charge in [0.25, 0.3) is 0 Å². The van der Waals surface area contributed by atoms with Crippen LogP contribution in [0.1, 0.15) is 37.4 Å². The summed E-state index contributed by atoms with van der Waals surface area (Å²) in [6.45, 7) is 5.25. The lowest BCUT2D eigenvalue weighted by Gasteiger charge is -2.25. The van der Waals surface area contributed by atoms with Gasteiger partial charge in [-0.25, -0.2) is 0 Å². The third kappa shape index (κ3) is 2.72. The average Bonchev–Trinajstić information content (AvgIpc) is 2.55. The molecule has 112 valence electrons. The van der Waals surface area contributed by atoms with Gasteiger partial charge in [-0.05, 0) is 33.1 Å². The topological polar surface area (TPSA) is 99.9 Å². The second-order valence-electron chi connectivity index (χ2n) is 5.73. The Morgan fingerprint density at radius 3 is 2.75 bits per heavy atom. The van der Waals surface area contributed by atoms with Crippen molar-refractivity contribution in [3.05, 3.63) is 11.3 Å². The summed E-state index contributed by atoms with van der Waals surface area (Å²) in [7, 11) is 1.85. The molecule has 1 aliphatic rings. The van der Waals surface area contributed by atoms with Gasteiger partial charge in [-0.3, -0.25) is 4.68 Å². The van der Waals surface area contributed by atoms with Crippen molar-refractivity contribution >= 4 is 11.7 Å². The van der Waals surface area contributed by atoms with Crippen LogP contribution in [0.25, 0.3) is 0 Å². The molecule has 2 rings (SSSR count). The van der Waals surface area contributed by atoms with Gasteiger partial charge in [0.1, 0.15) is 5.82 Å². The lowest BCUT2D eigenvalue weighted by atomic mass is 9.98. The molecule has 1 atom stereocenters. The van der Waals surface area contributed by atoms with E-state index in [0.29, 0.717) is 12.0 Å². The fourth-order valence-electron chi connectivity index (χ4n) is 2.83. The van der Waals surface area contributed by atoms with Gasteiger partial charge in [-0.2, -0.15) is 5.10 Å². The first-order chi connectivity index (χ1) is 9.35. The summed E-state index contributed by atoms with van der Waals surface area (Å²) in [5.74, 6) is 0.914. The summed E-state index contributed by atoms with van der Waals surface area (Å²) >= 11 is 0. The maximum atomic E-state index is 10.2. The van der Waals surface area contributed by atoms with Gasteiger partial charge in [-0.1, -0.05) is 5.16 Å². The number of aliphatic hydroxyl groups is 1. The molecule has 7 nitrogen and oxygen atoms in total. The molecule has 0 spiro atoms. The highest BCUT2D eigenvalue weighted by Crippen LogP contribution is 2.28. The monoisotopic (exact) mass is 281 g/mol. The van der Waals surface area contributed by atoms with Crippen molar-refractivity contribution in [2.24, 2.45) is 17.9 Å². The Morgan fingerprint density at radius 2 is 2.10 bits per heavy atom. The molecule has 1 aliphatic heterocycles. The van der Waals surface area contributed by atoms with E-state index in [1.165, 1.54) is 0 Å². The number of hydrogen-bond donors (Lipinski definition) is 3. The van der Waals surface area contributed by atoms with Crippen molar-refractivity contribution in [2.45, 2.75) is 38.7 Å². The molecule has 7 heteroatoms. The molecule has 0 radical (unpaired) electrons. The first kappa shape index (κ1) is 14.6. The number of rotatable bonds is 2. The lowest BCUT2D eigenvalue weighted by molar-refractivity contribution is 0.0481. The second kappa shape index (κ2) is 5.32. The van der Waals surface area contributed by atoms with Gasteiger partial charge in [0.15, 0.2) is 5.84 Å². The number of anilines is 1. The maximum Gasteiger partial charge on any atom is 0.175 e. The van der Waals surface area contributed by atoms with E-state index in [0.717, 1.165) is 37.4 Å². The van der Waals surface area contributed by atoms with Gasteiger partial charge in [0.2, 0.25) is 0 Å². The van der Waals surface area contributed by atoms with E-state index in [9.17, 15) is 5.11 Å². The average molecular weight is 281 g/mol. The number of aromatic nitrogens is 2. The Hall–Kier alpha value is -1.76. The van der Waals surface area contributed by atoms with E-state index in [1.54, 1.807) is 4.68 Å². The summed E-state index contributed by atoms with van der Waals surface area (Å²) in [6, 6.07) is 0. The largest absolute Gasteiger partial charge is 0.409 e. The van der Waals surface area contributed by atoms with Crippen molar-refractivity contribution in [3.8, 4) is 0 Å². The standard InChI is InChI=1S/C13H23N5O2/c1-9-10(11(14)16-20)12(17(3)15-9)18-7-4-5-13(2,19)6-8-18/h19-20H,4-8H2,1-3H3,(H2,14,16). The van der Waals surface area contributed by atoms with Crippen molar-refractivity contribution in [1.82, 2.24) is 9.78 Å². The molecule has 0 aliphatic carbocycles. The fourth-order valence-corrected chi connectivity index (χ4v) is 2.83. The Kier molecular flexibility index (Phi) is 3.89. The summed E-state index contributed by atoms with van der Waals surface area (Å²) in [4.78, 5) is 2.15. The quantitative estimate of drug-likeness (QED) is 0.318. The second-order valence-corrected chi connectivity index (χ2v) is 5.73.